The van der Waals surface area contributed by atoms with Crippen LogP contribution in [-0.4, -0.2) is 46.9 Å². The van der Waals surface area contributed by atoms with Crippen LogP contribution in [0, 0.1) is 0 Å². The molecule has 1 fully saturated rings. The van der Waals surface area contributed by atoms with E-state index in [1.165, 1.54) is 0 Å². The molecule has 1 amide bonds. The van der Waals surface area contributed by atoms with E-state index < -0.39 is 0 Å². The lowest BCUT2D eigenvalue weighted by Crippen LogP contribution is -2.40. The first-order valence-electron chi connectivity index (χ1n) is 8.76. The molecular weight excluding hydrogens is 318 g/mol. The number of ether oxygens (including phenoxy) is 2. The number of hydrogen-bond donors (Lipinski definition) is 0. The van der Waals surface area contributed by atoms with Gasteiger partial charge >= 0.3 is 0 Å². The first-order chi connectivity index (χ1) is 12.2. The summed E-state index contributed by atoms with van der Waals surface area (Å²) >= 11 is 0. The van der Waals surface area contributed by atoms with Crippen molar-refractivity contribution >= 4 is 5.91 Å². The smallest absolute Gasteiger partial charge is 0.257 e. The highest BCUT2D eigenvalue weighted by molar-refractivity contribution is 5.93. The van der Waals surface area contributed by atoms with Gasteiger partial charge in [-0.25, -0.2) is 0 Å². The second kappa shape index (κ2) is 8.16. The monoisotopic (exact) mass is 343 g/mol. The van der Waals surface area contributed by atoms with Gasteiger partial charge < -0.3 is 14.4 Å². The van der Waals surface area contributed by atoms with Gasteiger partial charge in [0.1, 0.15) is 5.75 Å². The Bertz CT molecular complexity index is 705. The van der Waals surface area contributed by atoms with Crippen LogP contribution in [0.2, 0.25) is 0 Å². The summed E-state index contributed by atoms with van der Waals surface area (Å²) in [6.07, 6.45) is 5.33. The van der Waals surface area contributed by atoms with Crippen molar-refractivity contribution in [2.45, 2.75) is 39.0 Å². The van der Waals surface area contributed by atoms with Gasteiger partial charge in [0.05, 0.1) is 31.6 Å². The van der Waals surface area contributed by atoms with Crippen LogP contribution >= 0.6 is 0 Å². The van der Waals surface area contributed by atoms with Gasteiger partial charge in [-0.2, -0.15) is 5.10 Å². The van der Waals surface area contributed by atoms with Crippen molar-refractivity contribution in [3.63, 3.8) is 0 Å². The lowest BCUT2D eigenvalue weighted by Gasteiger charge is -2.31. The summed E-state index contributed by atoms with van der Waals surface area (Å²) in [6.45, 7) is 4.74. The van der Waals surface area contributed by atoms with E-state index >= 15 is 0 Å². The Morgan fingerprint density at radius 3 is 2.72 bits per heavy atom. The van der Waals surface area contributed by atoms with Crippen LogP contribution in [0.4, 0.5) is 0 Å². The molecule has 1 aliphatic rings. The number of piperidine rings is 1. The van der Waals surface area contributed by atoms with Gasteiger partial charge in [0.15, 0.2) is 0 Å². The molecule has 134 valence electrons. The maximum absolute atomic E-state index is 12.5. The summed E-state index contributed by atoms with van der Waals surface area (Å²) in [4.78, 5) is 14.4. The van der Waals surface area contributed by atoms with E-state index in [0.717, 1.165) is 30.7 Å². The predicted octanol–water partition coefficient (Wildman–Crippen LogP) is 2.73. The van der Waals surface area contributed by atoms with Crippen molar-refractivity contribution in [2.75, 3.05) is 20.2 Å². The minimum atomic E-state index is 0.0582. The Labute approximate surface area is 148 Å². The van der Waals surface area contributed by atoms with Crippen molar-refractivity contribution in [1.29, 1.82) is 0 Å². The molecule has 3 rings (SSSR count). The Hall–Kier alpha value is -2.34. The van der Waals surface area contributed by atoms with Gasteiger partial charge in [0.2, 0.25) is 0 Å². The number of carbonyl (C=O) groups is 1. The molecular formula is C19H25N3O3. The van der Waals surface area contributed by atoms with Crippen LogP contribution < -0.4 is 4.74 Å². The summed E-state index contributed by atoms with van der Waals surface area (Å²) in [5, 5.41) is 4.18. The molecule has 0 saturated carbocycles. The standard InChI is InChI=1S/C19H25N3O3/c1-3-22-13-16(12-20-22)19(23)21-10-8-17(9-11-21)25-14-15-6-4-5-7-18(15)24-2/h4-7,12-13,17H,3,8-11,14H2,1-2H3. The van der Waals surface area contributed by atoms with E-state index in [9.17, 15) is 4.79 Å². The average molecular weight is 343 g/mol. The van der Waals surface area contributed by atoms with Crippen molar-refractivity contribution in [2.24, 2.45) is 0 Å². The summed E-state index contributed by atoms with van der Waals surface area (Å²) in [5.74, 6) is 0.908. The van der Waals surface area contributed by atoms with E-state index in [4.69, 9.17) is 9.47 Å². The normalized spacial score (nSPS) is 15.4. The first-order valence-corrected chi connectivity index (χ1v) is 8.76. The number of hydrogen-bond acceptors (Lipinski definition) is 4. The van der Waals surface area contributed by atoms with Gasteiger partial charge in [-0.3, -0.25) is 9.48 Å². The van der Waals surface area contributed by atoms with Gasteiger partial charge in [-0.1, -0.05) is 18.2 Å². The minimum absolute atomic E-state index is 0.0582. The number of likely N-dealkylation sites (tertiary alicyclic amines) is 1. The van der Waals surface area contributed by atoms with Gasteiger partial charge in [-0.15, -0.1) is 0 Å². The number of para-hydroxylation sites is 1. The molecule has 0 aliphatic carbocycles. The highest BCUT2D eigenvalue weighted by Crippen LogP contribution is 2.22. The lowest BCUT2D eigenvalue weighted by atomic mass is 10.1. The number of carbonyl (C=O) groups excluding carboxylic acids is 1. The third-order valence-corrected chi connectivity index (χ3v) is 4.60. The van der Waals surface area contributed by atoms with Crippen molar-refractivity contribution in [1.82, 2.24) is 14.7 Å². The number of amides is 1. The second-order valence-electron chi connectivity index (χ2n) is 6.20. The summed E-state index contributed by atoms with van der Waals surface area (Å²) < 4.78 is 13.2. The minimum Gasteiger partial charge on any atom is -0.496 e. The molecule has 0 spiro atoms. The van der Waals surface area contributed by atoms with E-state index in [-0.39, 0.29) is 12.0 Å². The molecule has 1 aromatic carbocycles. The average Bonchev–Trinajstić information content (AvgIpc) is 3.15. The molecule has 0 atom stereocenters. The van der Waals surface area contributed by atoms with Crippen molar-refractivity contribution in [3.05, 3.63) is 47.8 Å². The van der Waals surface area contributed by atoms with Crippen molar-refractivity contribution in [3.8, 4) is 5.75 Å². The Morgan fingerprint density at radius 2 is 2.04 bits per heavy atom. The van der Waals surface area contributed by atoms with E-state index in [1.807, 2.05) is 42.3 Å². The van der Waals surface area contributed by atoms with E-state index in [0.29, 0.717) is 25.3 Å². The zero-order valence-corrected chi connectivity index (χ0v) is 14.9. The molecule has 0 unspecified atom stereocenters. The largest absolute Gasteiger partial charge is 0.496 e. The molecule has 6 nitrogen and oxygen atoms in total. The summed E-state index contributed by atoms with van der Waals surface area (Å²) in [7, 11) is 1.67. The molecule has 0 N–H and O–H groups in total. The van der Waals surface area contributed by atoms with Gasteiger partial charge in [-0.05, 0) is 25.8 Å². The maximum Gasteiger partial charge on any atom is 0.257 e. The predicted molar refractivity (Wildman–Crippen MR) is 94.6 cm³/mol. The third kappa shape index (κ3) is 4.20. The number of nitrogens with zero attached hydrogens (tertiary/aromatic N) is 3. The Balaban J connectivity index is 1.49. The molecule has 6 heteroatoms. The van der Waals surface area contributed by atoms with Crippen LogP contribution in [0.15, 0.2) is 36.7 Å². The molecule has 25 heavy (non-hydrogen) atoms. The number of methoxy groups -OCH3 is 1. The highest BCUT2D eigenvalue weighted by atomic mass is 16.5. The Kier molecular flexibility index (Phi) is 5.71. The molecule has 2 heterocycles. The maximum atomic E-state index is 12.5. The molecule has 0 radical (unpaired) electrons. The molecule has 1 aromatic heterocycles. The van der Waals surface area contributed by atoms with Crippen LogP contribution in [0.25, 0.3) is 0 Å². The quantitative estimate of drug-likeness (QED) is 0.809. The SMILES string of the molecule is CCn1cc(C(=O)N2CCC(OCc3ccccc3OC)CC2)cn1. The molecule has 1 saturated heterocycles. The highest BCUT2D eigenvalue weighted by Gasteiger charge is 2.25. The second-order valence-corrected chi connectivity index (χ2v) is 6.20. The molecule has 2 aromatic rings. The number of aromatic nitrogens is 2. The van der Waals surface area contributed by atoms with Gasteiger partial charge in [0.25, 0.3) is 5.91 Å². The van der Waals surface area contributed by atoms with Crippen LogP contribution in [0.5, 0.6) is 5.75 Å². The summed E-state index contributed by atoms with van der Waals surface area (Å²) in [5.41, 5.74) is 1.71. The van der Waals surface area contributed by atoms with E-state index in [2.05, 4.69) is 5.10 Å². The number of rotatable bonds is 6. The number of benzene rings is 1. The fourth-order valence-electron chi connectivity index (χ4n) is 3.08. The van der Waals surface area contributed by atoms with Crippen LogP contribution in [0.1, 0.15) is 35.7 Å². The lowest BCUT2D eigenvalue weighted by molar-refractivity contribution is -0.000962. The zero-order chi connectivity index (χ0) is 17.6. The fraction of sp³-hybridized carbons (Fsp3) is 0.474. The molecule has 0 bridgehead atoms. The van der Waals surface area contributed by atoms with Crippen LogP contribution in [-0.2, 0) is 17.9 Å². The van der Waals surface area contributed by atoms with Crippen molar-refractivity contribution < 1.29 is 14.3 Å². The van der Waals surface area contributed by atoms with Crippen LogP contribution in [0.3, 0.4) is 0 Å². The fourth-order valence-corrected chi connectivity index (χ4v) is 3.08. The zero-order valence-electron chi connectivity index (χ0n) is 14.9. The first kappa shape index (κ1) is 17.5. The summed E-state index contributed by atoms with van der Waals surface area (Å²) in [6, 6.07) is 7.89. The molecule has 1 aliphatic heterocycles. The Morgan fingerprint density at radius 1 is 1.28 bits per heavy atom. The number of aryl methyl sites for hydroxylation is 1. The van der Waals surface area contributed by atoms with Gasteiger partial charge in [0, 0.05) is 31.4 Å². The topological polar surface area (TPSA) is 56.6 Å². The van der Waals surface area contributed by atoms with E-state index in [1.54, 1.807) is 18.0 Å². The third-order valence-electron chi connectivity index (χ3n) is 4.60.